The number of aromatic nitrogens is 1. The largest absolute Gasteiger partial charge is 0.338 e. The van der Waals surface area contributed by atoms with Gasteiger partial charge in [0.15, 0.2) is 5.25 Å². The van der Waals surface area contributed by atoms with Gasteiger partial charge in [0.05, 0.1) is 11.6 Å². The van der Waals surface area contributed by atoms with Crippen LogP contribution in [-0.2, 0) is 14.8 Å². The molecule has 2 fully saturated rings. The monoisotopic (exact) mass is 516 g/mol. The lowest BCUT2D eigenvalue weighted by molar-refractivity contribution is -0.122. The number of amides is 2. The third kappa shape index (κ3) is 4.97. The van der Waals surface area contributed by atoms with E-state index in [9.17, 15) is 18.0 Å². The Morgan fingerprint density at radius 2 is 1.74 bits per heavy atom. The smallest absolute Gasteiger partial charge is 0.283 e. The van der Waals surface area contributed by atoms with E-state index in [4.69, 9.17) is 16.6 Å². The van der Waals surface area contributed by atoms with Gasteiger partial charge in [-0.2, -0.15) is 0 Å². The van der Waals surface area contributed by atoms with Crippen LogP contribution in [0.3, 0.4) is 0 Å². The fourth-order valence-electron chi connectivity index (χ4n) is 4.67. The van der Waals surface area contributed by atoms with Crippen molar-refractivity contribution in [2.24, 2.45) is 4.99 Å². The fourth-order valence-corrected chi connectivity index (χ4v) is 7.17. The molecule has 1 aromatic carbocycles. The molecule has 2 aliphatic heterocycles. The minimum Gasteiger partial charge on any atom is -0.338 e. The number of aryl methyl sites for hydroxylation is 1. The van der Waals surface area contributed by atoms with Gasteiger partial charge >= 0.3 is 0 Å². The third-order valence-electron chi connectivity index (χ3n) is 6.16. The summed E-state index contributed by atoms with van der Waals surface area (Å²) in [6.07, 6.45) is 1.05. The van der Waals surface area contributed by atoms with Gasteiger partial charge in [0.1, 0.15) is 10.9 Å². The van der Waals surface area contributed by atoms with E-state index in [-0.39, 0.29) is 22.8 Å². The molecule has 2 aromatic rings. The molecule has 0 spiro atoms. The number of carbonyl (C=O) groups is 2. The van der Waals surface area contributed by atoms with Crippen LogP contribution in [0.25, 0.3) is 0 Å². The van der Waals surface area contributed by atoms with Crippen LogP contribution >= 0.6 is 11.6 Å². The van der Waals surface area contributed by atoms with E-state index in [2.05, 4.69) is 4.98 Å². The van der Waals surface area contributed by atoms with E-state index in [1.165, 1.54) is 0 Å². The molecule has 2 aliphatic rings. The Bertz CT molecular complexity index is 1260. The van der Waals surface area contributed by atoms with Gasteiger partial charge in [0, 0.05) is 24.3 Å². The number of hydrogen-bond acceptors (Lipinski definition) is 6. The maximum Gasteiger partial charge on any atom is 0.283 e. The number of piperidine rings is 1. The number of sulfonamides is 1. The molecular formula is C25H29ClN4O4S. The Morgan fingerprint density at radius 3 is 2.31 bits per heavy atom. The first-order chi connectivity index (χ1) is 16.4. The molecular weight excluding hydrogens is 488 g/mol. The first-order valence-electron chi connectivity index (χ1n) is 11.5. The van der Waals surface area contributed by atoms with E-state index in [0.717, 1.165) is 4.31 Å². The maximum atomic E-state index is 13.5. The number of pyridine rings is 1. The summed E-state index contributed by atoms with van der Waals surface area (Å²) in [5.74, 6) is -0.712. The lowest BCUT2D eigenvalue weighted by atomic mass is 10.0. The van der Waals surface area contributed by atoms with Crippen LogP contribution in [0.1, 0.15) is 60.5 Å². The number of carbonyl (C=O) groups excluding carboxylic acids is 2. The first-order valence-corrected chi connectivity index (χ1v) is 13.4. The van der Waals surface area contributed by atoms with Crippen molar-refractivity contribution in [3.05, 3.63) is 64.4 Å². The summed E-state index contributed by atoms with van der Waals surface area (Å²) in [5, 5.41) is -0.872. The number of rotatable bonds is 3. The van der Waals surface area contributed by atoms with Crippen LogP contribution in [0.5, 0.6) is 0 Å². The van der Waals surface area contributed by atoms with Gasteiger partial charge in [-0.3, -0.25) is 14.6 Å². The zero-order valence-corrected chi connectivity index (χ0v) is 21.8. The lowest BCUT2D eigenvalue weighted by Gasteiger charge is -2.31. The third-order valence-corrected chi connectivity index (χ3v) is 8.67. The average molecular weight is 517 g/mol. The van der Waals surface area contributed by atoms with Crippen LogP contribution in [-0.4, -0.2) is 64.8 Å². The van der Waals surface area contributed by atoms with E-state index in [1.807, 2.05) is 0 Å². The summed E-state index contributed by atoms with van der Waals surface area (Å²) < 4.78 is 28.0. The molecule has 186 valence electrons. The Kier molecular flexibility index (Phi) is 6.76. The van der Waals surface area contributed by atoms with Gasteiger partial charge in [0.25, 0.3) is 21.8 Å². The normalized spacial score (nSPS) is 22.1. The molecule has 0 N–H and O–H groups in total. The standard InChI is InChI=1S/C25H29ClN4O4S/c1-16-14-18(15-20(26)27-16)23(31)29-12-10-19(11-13-29)28-21-22(17-8-6-5-7-9-17)35(33,34)30(24(21)32)25(2,3)4/h5-9,14-15,19,22H,10-13H2,1-4H3. The van der Waals surface area contributed by atoms with E-state index in [0.29, 0.717) is 42.8 Å². The van der Waals surface area contributed by atoms with Gasteiger partial charge in [-0.15, -0.1) is 0 Å². The number of benzene rings is 1. The van der Waals surface area contributed by atoms with Crippen LogP contribution < -0.4 is 0 Å². The highest BCUT2D eigenvalue weighted by Gasteiger charge is 2.54. The Labute approximate surface area is 211 Å². The second-order valence-electron chi connectivity index (χ2n) is 9.93. The van der Waals surface area contributed by atoms with Gasteiger partial charge in [-0.25, -0.2) is 17.7 Å². The highest BCUT2D eigenvalue weighted by molar-refractivity contribution is 7.91. The molecule has 10 heteroatoms. The number of likely N-dealkylation sites (tertiary alicyclic amines) is 1. The Hall–Kier alpha value is -2.78. The molecule has 2 saturated heterocycles. The number of hydrogen-bond donors (Lipinski definition) is 0. The summed E-state index contributed by atoms with van der Waals surface area (Å²) >= 11 is 6.01. The zero-order chi connectivity index (χ0) is 25.5. The van der Waals surface area contributed by atoms with Gasteiger partial charge in [0.2, 0.25) is 0 Å². The first kappa shape index (κ1) is 25.3. The number of aliphatic imine (C=N–C) groups is 1. The van der Waals surface area contributed by atoms with E-state index < -0.39 is 26.7 Å². The minimum atomic E-state index is -3.99. The van der Waals surface area contributed by atoms with Crippen molar-refractivity contribution in [1.29, 1.82) is 0 Å². The van der Waals surface area contributed by atoms with Crippen molar-refractivity contribution >= 4 is 39.2 Å². The van der Waals surface area contributed by atoms with Crippen molar-refractivity contribution in [2.45, 2.75) is 57.4 Å². The summed E-state index contributed by atoms with van der Waals surface area (Å²) in [4.78, 5) is 36.9. The lowest BCUT2D eigenvalue weighted by Crippen LogP contribution is -2.45. The summed E-state index contributed by atoms with van der Waals surface area (Å²) in [6.45, 7) is 7.76. The van der Waals surface area contributed by atoms with Gasteiger partial charge in [-0.1, -0.05) is 41.9 Å². The molecule has 1 atom stereocenters. The second-order valence-corrected chi connectivity index (χ2v) is 12.2. The molecule has 4 rings (SSSR count). The molecule has 0 saturated carbocycles. The summed E-state index contributed by atoms with van der Waals surface area (Å²) in [5.41, 5.74) is 0.795. The van der Waals surface area contributed by atoms with Crippen molar-refractivity contribution in [2.75, 3.05) is 13.1 Å². The summed E-state index contributed by atoms with van der Waals surface area (Å²) in [6, 6.07) is 11.7. The van der Waals surface area contributed by atoms with Crippen LogP contribution in [0, 0.1) is 6.92 Å². The molecule has 8 nitrogen and oxygen atoms in total. The minimum absolute atomic E-state index is 0.0486. The number of nitrogens with zero attached hydrogens (tertiary/aromatic N) is 4. The zero-order valence-electron chi connectivity index (χ0n) is 20.2. The Morgan fingerprint density at radius 1 is 1.11 bits per heavy atom. The van der Waals surface area contributed by atoms with Gasteiger partial charge in [-0.05, 0) is 58.2 Å². The fraction of sp³-hybridized carbons (Fsp3) is 0.440. The van der Waals surface area contributed by atoms with Crippen LogP contribution in [0.4, 0.5) is 0 Å². The maximum absolute atomic E-state index is 13.5. The molecule has 0 radical (unpaired) electrons. The predicted octanol–water partition coefficient (Wildman–Crippen LogP) is 3.80. The van der Waals surface area contributed by atoms with Crippen LogP contribution in [0.2, 0.25) is 5.15 Å². The quantitative estimate of drug-likeness (QED) is 0.578. The SMILES string of the molecule is Cc1cc(C(=O)N2CCC(N=C3C(=O)N(C(C)(C)C)S(=O)(=O)C3c3ccccc3)CC2)cc(Cl)n1. The van der Waals surface area contributed by atoms with E-state index in [1.54, 1.807) is 75.1 Å². The highest BCUT2D eigenvalue weighted by Crippen LogP contribution is 2.39. The molecule has 1 unspecified atom stereocenters. The predicted molar refractivity (Wildman–Crippen MR) is 135 cm³/mol. The molecule has 35 heavy (non-hydrogen) atoms. The average Bonchev–Trinajstić information content (AvgIpc) is 2.98. The summed E-state index contributed by atoms with van der Waals surface area (Å²) in [7, 11) is -3.99. The van der Waals surface area contributed by atoms with Crippen molar-refractivity contribution in [3.8, 4) is 0 Å². The topological polar surface area (TPSA) is 100 Å². The van der Waals surface area contributed by atoms with E-state index >= 15 is 0 Å². The second kappa shape index (κ2) is 9.35. The molecule has 2 amide bonds. The van der Waals surface area contributed by atoms with Crippen LogP contribution in [0.15, 0.2) is 47.5 Å². The van der Waals surface area contributed by atoms with Gasteiger partial charge < -0.3 is 4.90 Å². The van der Waals surface area contributed by atoms with Crippen molar-refractivity contribution in [3.63, 3.8) is 0 Å². The molecule has 0 bridgehead atoms. The number of halogens is 1. The molecule has 3 heterocycles. The molecule has 0 aliphatic carbocycles. The Balaban J connectivity index is 1.59. The van der Waals surface area contributed by atoms with Crippen molar-refractivity contribution in [1.82, 2.24) is 14.2 Å². The highest BCUT2D eigenvalue weighted by atomic mass is 35.5. The van der Waals surface area contributed by atoms with Crippen molar-refractivity contribution < 1.29 is 18.0 Å². The molecule has 1 aromatic heterocycles.